The van der Waals surface area contributed by atoms with Crippen molar-refractivity contribution in [3.8, 4) is 5.75 Å². The number of carbonyl (C=O) groups excluding carboxylic acids is 1. The maximum Gasteiger partial charge on any atom is 0.254 e. The van der Waals surface area contributed by atoms with Crippen molar-refractivity contribution in [2.24, 2.45) is 0 Å². The molecule has 4 heteroatoms. The van der Waals surface area contributed by atoms with Crippen molar-refractivity contribution >= 4 is 5.91 Å². The third kappa shape index (κ3) is 3.61. The zero-order valence-corrected chi connectivity index (χ0v) is 15.5. The summed E-state index contributed by atoms with van der Waals surface area (Å²) in [5.74, 6) is 1.09. The fourth-order valence-electron chi connectivity index (χ4n) is 4.12. The van der Waals surface area contributed by atoms with E-state index in [-0.39, 0.29) is 5.91 Å². The quantitative estimate of drug-likeness (QED) is 0.910. The molecule has 0 spiro atoms. The molecule has 2 aliphatic rings. The Morgan fingerprint density at radius 2 is 1.77 bits per heavy atom. The summed E-state index contributed by atoms with van der Waals surface area (Å²) in [5.41, 5.74) is 4.98. The van der Waals surface area contributed by atoms with Crippen molar-refractivity contribution in [2.75, 3.05) is 33.3 Å². The summed E-state index contributed by atoms with van der Waals surface area (Å²) in [6.07, 6.45) is 3.51. The molecule has 1 heterocycles. The molecule has 1 saturated heterocycles. The summed E-state index contributed by atoms with van der Waals surface area (Å²) >= 11 is 0. The minimum absolute atomic E-state index is 0.197. The van der Waals surface area contributed by atoms with Gasteiger partial charge in [0.1, 0.15) is 12.3 Å². The van der Waals surface area contributed by atoms with Crippen molar-refractivity contribution in [1.82, 2.24) is 4.90 Å². The number of amides is 1. The van der Waals surface area contributed by atoms with E-state index in [1.54, 1.807) is 7.11 Å². The van der Waals surface area contributed by atoms with Gasteiger partial charge in [0, 0.05) is 11.1 Å². The van der Waals surface area contributed by atoms with Gasteiger partial charge in [-0.1, -0.05) is 6.07 Å². The normalized spacial score (nSPS) is 17.2. The molecule has 0 bridgehead atoms. The van der Waals surface area contributed by atoms with Crippen LogP contribution in [-0.4, -0.2) is 44.1 Å². The zero-order valence-electron chi connectivity index (χ0n) is 15.5. The minimum Gasteiger partial charge on any atom is -0.497 e. The molecule has 1 aliphatic carbocycles. The highest BCUT2D eigenvalue weighted by Crippen LogP contribution is 2.23. The van der Waals surface area contributed by atoms with E-state index in [2.05, 4.69) is 24.3 Å². The molecule has 0 aromatic heterocycles. The van der Waals surface area contributed by atoms with Gasteiger partial charge in [-0.05, 0) is 66.8 Å². The molecule has 1 fully saturated rings. The smallest absolute Gasteiger partial charge is 0.254 e. The Bertz CT molecular complexity index is 777. The molecule has 1 N–H and O–H groups in total. The third-order valence-corrected chi connectivity index (χ3v) is 5.72. The number of methoxy groups -OCH3 is 1. The lowest BCUT2D eigenvalue weighted by Gasteiger charge is -2.32. The number of carbonyl (C=O) groups is 1. The molecule has 1 amide bonds. The second-order valence-electron chi connectivity index (χ2n) is 7.40. The molecule has 1 aliphatic heterocycles. The first kappa shape index (κ1) is 17.1. The summed E-state index contributed by atoms with van der Waals surface area (Å²) in [6, 6.07) is 14.6. The summed E-state index contributed by atoms with van der Waals surface area (Å²) in [7, 11) is 1.69. The molecule has 0 radical (unpaired) electrons. The van der Waals surface area contributed by atoms with Gasteiger partial charge >= 0.3 is 0 Å². The Morgan fingerprint density at radius 1 is 1.04 bits per heavy atom. The fraction of sp³-hybridized carbons (Fsp3) is 0.409. The Hall–Kier alpha value is -2.33. The summed E-state index contributed by atoms with van der Waals surface area (Å²) in [6.45, 7) is 4.68. The molecule has 4 nitrogen and oxygen atoms in total. The van der Waals surface area contributed by atoms with Crippen LogP contribution in [0.2, 0.25) is 0 Å². The second kappa shape index (κ2) is 7.50. The van der Waals surface area contributed by atoms with Gasteiger partial charge in [-0.15, -0.1) is 0 Å². The number of hydrogen-bond acceptors (Lipinski definition) is 2. The molecule has 4 rings (SSSR count). The first-order valence-corrected chi connectivity index (χ1v) is 9.60. The number of aryl methyl sites for hydroxylation is 2. The zero-order chi connectivity index (χ0) is 17.9. The number of benzene rings is 2. The summed E-state index contributed by atoms with van der Waals surface area (Å²) < 4.78 is 5.22. The maximum atomic E-state index is 12.8. The van der Waals surface area contributed by atoms with E-state index >= 15 is 0 Å². The van der Waals surface area contributed by atoms with Crippen molar-refractivity contribution in [3.63, 3.8) is 0 Å². The highest BCUT2D eigenvalue weighted by atomic mass is 16.5. The standard InChI is InChI=1S/C22H26N2O2/c1-26-21-9-5-17(6-10-21)16-23-11-13-24(14-12-23)22(25)20-8-7-18-3-2-4-19(18)15-20/h5-10,15H,2-4,11-14,16H2,1H3/p+1. The number of rotatable bonds is 4. The average Bonchev–Trinajstić information content (AvgIpc) is 3.16. The predicted molar refractivity (Wildman–Crippen MR) is 102 cm³/mol. The number of fused-ring (bicyclic) bond motifs is 1. The van der Waals surface area contributed by atoms with Crippen LogP contribution in [0.5, 0.6) is 5.75 Å². The SMILES string of the molecule is COc1ccc(C[NH+]2CCN(C(=O)c3ccc4c(c3)CCC4)CC2)cc1. The lowest BCUT2D eigenvalue weighted by atomic mass is 10.1. The van der Waals surface area contributed by atoms with Crippen molar-refractivity contribution < 1.29 is 14.4 Å². The van der Waals surface area contributed by atoms with Crippen LogP contribution in [0.15, 0.2) is 42.5 Å². The van der Waals surface area contributed by atoms with Crippen molar-refractivity contribution in [3.05, 3.63) is 64.7 Å². The first-order valence-electron chi connectivity index (χ1n) is 9.60. The largest absolute Gasteiger partial charge is 0.497 e. The van der Waals surface area contributed by atoms with Crippen LogP contribution in [0.25, 0.3) is 0 Å². The van der Waals surface area contributed by atoms with Crippen LogP contribution in [-0.2, 0) is 19.4 Å². The lowest BCUT2D eigenvalue weighted by Crippen LogP contribution is -3.13. The number of nitrogens with one attached hydrogen (secondary N) is 1. The molecular formula is C22H27N2O2+. The molecule has 0 saturated carbocycles. The van der Waals surface area contributed by atoms with Gasteiger partial charge < -0.3 is 14.5 Å². The van der Waals surface area contributed by atoms with E-state index in [4.69, 9.17) is 4.74 Å². The molecule has 0 unspecified atom stereocenters. The van der Waals surface area contributed by atoms with Gasteiger partial charge in [0.2, 0.25) is 0 Å². The Balaban J connectivity index is 1.33. The minimum atomic E-state index is 0.197. The van der Waals surface area contributed by atoms with Gasteiger partial charge in [0.15, 0.2) is 0 Å². The molecule has 2 aromatic carbocycles. The van der Waals surface area contributed by atoms with E-state index < -0.39 is 0 Å². The number of hydrogen-bond donors (Lipinski definition) is 1. The number of ether oxygens (including phenoxy) is 1. The van der Waals surface area contributed by atoms with Crippen LogP contribution < -0.4 is 9.64 Å². The second-order valence-corrected chi connectivity index (χ2v) is 7.40. The lowest BCUT2D eigenvalue weighted by molar-refractivity contribution is -0.917. The van der Waals surface area contributed by atoms with Gasteiger partial charge in [-0.3, -0.25) is 4.79 Å². The maximum absolute atomic E-state index is 12.8. The van der Waals surface area contributed by atoms with Gasteiger partial charge in [0.25, 0.3) is 5.91 Å². The Kier molecular flexibility index (Phi) is 4.93. The summed E-state index contributed by atoms with van der Waals surface area (Å²) in [5, 5.41) is 0. The van der Waals surface area contributed by atoms with Crippen LogP contribution in [0.3, 0.4) is 0 Å². The summed E-state index contributed by atoms with van der Waals surface area (Å²) in [4.78, 5) is 16.4. The fourth-order valence-corrected chi connectivity index (χ4v) is 4.12. The van der Waals surface area contributed by atoms with E-state index in [0.29, 0.717) is 0 Å². The van der Waals surface area contributed by atoms with Crippen LogP contribution in [0.4, 0.5) is 0 Å². The van der Waals surface area contributed by atoms with Crippen LogP contribution >= 0.6 is 0 Å². The molecule has 136 valence electrons. The van der Waals surface area contributed by atoms with Gasteiger partial charge in [0.05, 0.1) is 33.3 Å². The van der Waals surface area contributed by atoms with Crippen molar-refractivity contribution in [1.29, 1.82) is 0 Å². The predicted octanol–water partition coefficient (Wildman–Crippen LogP) is 1.72. The molecular weight excluding hydrogens is 324 g/mol. The Morgan fingerprint density at radius 3 is 2.50 bits per heavy atom. The molecule has 2 aromatic rings. The van der Waals surface area contributed by atoms with Crippen molar-refractivity contribution in [2.45, 2.75) is 25.8 Å². The molecule has 26 heavy (non-hydrogen) atoms. The van der Waals surface area contributed by atoms with Crippen LogP contribution in [0.1, 0.15) is 33.5 Å². The number of nitrogens with zero attached hydrogens (tertiary/aromatic N) is 1. The van der Waals surface area contributed by atoms with Gasteiger partial charge in [-0.25, -0.2) is 0 Å². The monoisotopic (exact) mass is 351 g/mol. The van der Waals surface area contributed by atoms with E-state index in [1.165, 1.54) is 28.0 Å². The topological polar surface area (TPSA) is 34.0 Å². The number of quaternary nitrogens is 1. The van der Waals surface area contributed by atoms with Gasteiger partial charge in [-0.2, -0.15) is 0 Å². The number of piperazine rings is 1. The van der Waals surface area contributed by atoms with E-state index in [1.807, 2.05) is 23.1 Å². The Labute approximate surface area is 155 Å². The third-order valence-electron chi connectivity index (χ3n) is 5.72. The highest BCUT2D eigenvalue weighted by Gasteiger charge is 2.25. The van der Waals surface area contributed by atoms with Crippen LogP contribution in [0, 0.1) is 0 Å². The van der Waals surface area contributed by atoms with E-state index in [0.717, 1.165) is 56.9 Å². The highest BCUT2D eigenvalue weighted by molar-refractivity contribution is 5.94. The average molecular weight is 351 g/mol. The first-order chi connectivity index (χ1) is 12.7. The molecule has 0 atom stereocenters. The van der Waals surface area contributed by atoms with E-state index in [9.17, 15) is 4.79 Å².